The molecule has 4 unspecified atom stereocenters. The summed E-state index contributed by atoms with van der Waals surface area (Å²) >= 11 is 0. The molecule has 16 heteroatoms. The molecular formula is C46H46N3O10P3. The van der Waals surface area contributed by atoms with Crippen molar-refractivity contribution in [3.8, 4) is 34.5 Å². The van der Waals surface area contributed by atoms with E-state index in [2.05, 4.69) is 0 Å². The molecule has 320 valence electrons. The average Bonchev–Trinajstić information content (AvgIpc) is 4.26. The van der Waals surface area contributed by atoms with Crippen molar-refractivity contribution in [3.05, 3.63) is 181 Å². The Kier molecular flexibility index (Phi) is 14.2. The van der Waals surface area contributed by atoms with Crippen LogP contribution in [-0.4, -0.2) is 61.1 Å². The van der Waals surface area contributed by atoms with E-state index in [1.54, 1.807) is 9.21 Å². The van der Waals surface area contributed by atoms with Crippen molar-refractivity contribution in [2.45, 2.75) is 25.0 Å². The zero-order valence-electron chi connectivity index (χ0n) is 33.7. The molecule has 0 N–H and O–H groups in total. The molecule has 0 saturated carbocycles. The maximum atomic E-state index is 7.39. The third kappa shape index (κ3) is 11.5. The van der Waals surface area contributed by atoms with Crippen LogP contribution >= 0.6 is 24.6 Å². The van der Waals surface area contributed by atoms with E-state index in [9.17, 15) is 0 Å². The summed E-state index contributed by atoms with van der Waals surface area (Å²) in [6.07, 6.45) is 1.40. The summed E-state index contributed by atoms with van der Waals surface area (Å²) < 4.78 is 60.3. The van der Waals surface area contributed by atoms with Crippen molar-refractivity contribution >= 4 is 24.6 Å². The highest BCUT2D eigenvalue weighted by atomic mass is 31.3. The summed E-state index contributed by atoms with van der Waals surface area (Å²) in [5.41, 5.74) is 1.77. The third-order valence-electron chi connectivity index (χ3n) is 9.39. The van der Waals surface area contributed by atoms with Gasteiger partial charge in [-0.15, -0.1) is 4.52 Å². The van der Waals surface area contributed by atoms with Crippen LogP contribution < -0.4 is 27.8 Å². The van der Waals surface area contributed by atoms with Gasteiger partial charge in [-0.25, -0.2) is 0 Å². The lowest BCUT2D eigenvalue weighted by Crippen LogP contribution is -2.37. The standard InChI is InChI=1S/C46H46N3O10P3/c1-5-19-39(20-6-1)54-48-60(56-41-23-9-3-10-24-41)47-62(58-45-27-15-13-17-37(45)29-31-50-33-43-35-52-43,59-46-28-16-14-18-38(46)30-32-51-34-44-36-53-44)49(55-40-21-7-2-8-22-40)61(48)57-42-25-11-4-12-26-42/h1-28,43-44H,29-36H2. The van der Waals surface area contributed by atoms with E-state index < -0.39 is 24.6 Å². The lowest BCUT2D eigenvalue weighted by Gasteiger charge is -2.44. The first-order valence-electron chi connectivity index (χ1n) is 20.4. The first-order valence-corrected chi connectivity index (χ1v) is 24.2. The molecule has 62 heavy (non-hydrogen) atoms. The molecule has 6 aromatic rings. The Hall–Kier alpha value is -5.03. The third-order valence-corrected chi connectivity index (χ3v) is 16.2. The van der Waals surface area contributed by atoms with Crippen LogP contribution in [0.4, 0.5) is 0 Å². The molecule has 3 aliphatic rings. The molecule has 3 heterocycles. The van der Waals surface area contributed by atoms with E-state index >= 15 is 0 Å². The van der Waals surface area contributed by atoms with Crippen LogP contribution in [0.15, 0.2) is 174 Å². The van der Waals surface area contributed by atoms with E-state index in [0.29, 0.717) is 73.8 Å². The number of epoxide rings is 2. The van der Waals surface area contributed by atoms with E-state index in [0.717, 1.165) is 24.3 Å². The van der Waals surface area contributed by atoms with Gasteiger partial charge in [-0.1, -0.05) is 109 Å². The fourth-order valence-corrected chi connectivity index (χ4v) is 13.6. The van der Waals surface area contributed by atoms with Crippen LogP contribution in [0.2, 0.25) is 0 Å². The molecule has 0 amide bonds. The summed E-state index contributed by atoms with van der Waals surface area (Å²) in [5, 5.41) is 0. The van der Waals surface area contributed by atoms with Crippen molar-refractivity contribution < 1.29 is 46.7 Å². The highest BCUT2D eigenvalue weighted by Crippen LogP contribution is 2.78. The van der Waals surface area contributed by atoms with Gasteiger partial charge in [0, 0.05) is 9.21 Å². The van der Waals surface area contributed by atoms with Crippen molar-refractivity contribution in [3.63, 3.8) is 0 Å². The van der Waals surface area contributed by atoms with Gasteiger partial charge in [0.25, 0.3) is 0 Å². The molecule has 13 nitrogen and oxygen atoms in total. The van der Waals surface area contributed by atoms with Crippen molar-refractivity contribution in [1.82, 2.24) is 9.21 Å². The number of rotatable bonds is 22. The van der Waals surface area contributed by atoms with Crippen molar-refractivity contribution in [1.29, 1.82) is 0 Å². The van der Waals surface area contributed by atoms with Crippen LogP contribution in [0.3, 0.4) is 0 Å². The number of hydrogen-bond acceptors (Lipinski definition) is 13. The summed E-state index contributed by atoms with van der Waals surface area (Å²) in [7, 11) is -8.37. The smallest absolute Gasteiger partial charge is 0.440 e. The SMILES string of the molecule is c1ccc(ON2P(Oc3ccccc3)N=P(Oc3ccccc3CCOCC3CO3)(Oc3ccccc3CCOCC3CO3)N(Oc3ccccc3)P2Oc2ccccc2)cc1. The number of nitrogens with zero attached hydrogens (tertiary/aromatic N) is 3. The maximum absolute atomic E-state index is 7.39. The van der Waals surface area contributed by atoms with Gasteiger partial charge in [0.2, 0.25) is 0 Å². The summed E-state index contributed by atoms with van der Waals surface area (Å²) in [5.74, 6) is 3.20. The topological polar surface area (TPSA) is 118 Å². The fourth-order valence-electron chi connectivity index (χ4n) is 6.08. The van der Waals surface area contributed by atoms with Gasteiger partial charge < -0.3 is 46.7 Å². The summed E-state index contributed by atoms with van der Waals surface area (Å²) in [6.45, 7) is 3.41. The van der Waals surface area contributed by atoms with Crippen LogP contribution in [-0.2, 0) is 31.8 Å². The van der Waals surface area contributed by atoms with Gasteiger partial charge in [-0.2, -0.15) is 0 Å². The maximum Gasteiger partial charge on any atom is 0.447 e. The number of hydrogen-bond donors (Lipinski definition) is 0. The Bertz CT molecular complexity index is 2300. The Morgan fingerprint density at radius 3 is 1.42 bits per heavy atom. The lowest BCUT2D eigenvalue weighted by atomic mass is 10.1. The van der Waals surface area contributed by atoms with Gasteiger partial charge >= 0.3 is 24.6 Å². The molecule has 3 aliphatic heterocycles. The van der Waals surface area contributed by atoms with E-state index in [4.69, 9.17) is 51.2 Å². The van der Waals surface area contributed by atoms with Crippen LogP contribution in [0.5, 0.6) is 34.5 Å². The Morgan fingerprint density at radius 2 is 0.935 bits per heavy atom. The highest BCUT2D eigenvalue weighted by Gasteiger charge is 2.58. The average molecular weight is 894 g/mol. The van der Waals surface area contributed by atoms with E-state index in [1.165, 1.54) is 0 Å². The number of para-hydroxylation sites is 6. The highest BCUT2D eigenvalue weighted by molar-refractivity contribution is 7.78. The summed E-state index contributed by atoms with van der Waals surface area (Å²) in [6, 6.07) is 53.5. The largest absolute Gasteiger partial charge is 0.447 e. The monoisotopic (exact) mass is 893 g/mol. The second-order valence-corrected chi connectivity index (χ2v) is 19.7. The summed E-state index contributed by atoms with van der Waals surface area (Å²) in [4.78, 5) is 13.8. The van der Waals surface area contributed by atoms with E-state index in [1.807, 2.05) is 170 Å². The van der Waals surface area contributed by atoms with Gasteiger partial charge in [-0.05, 0) is 84.6 Å². The van der Waals surface area contributed by atoms with Crippen LogP contribution in [0.25, 0.3) is 0 Å². The second kappa shape index (κ2) is 20.9. The first kappa shape index (κ1) is 42.3. The lowest BCUT2D eigenvalue weighted by molar-refractivity contribution is 0.0544. The molecule has 6 aromatic carbocycles. The fraction of sp³-hybridized carbons (Fsp3) is 0.217. The van der Waals surface area contributed by atoms with Crippen LogP contribution in [0.1, 0.15) is 11.1 Å². The molecule has 0 aliphatic carbocycles. The second-order valence-electron chi connectivity index (χ2n) is 14.2. The van der Waals surface area contributed by atoms with Crippen molar-refractivity contribution in [2.75, 3.05) is 39.6 Å². The predicted molar refractivity (Wildman–Crippen MR) is 238 cm³/mol. The normalized spacial score (nSPS) is 21.9. The predicted octanol–water partition coefficient (Wildman–Crippen LogP) is 11.2. The Labute approximate surface area is 364 Å². The zero-order valence-corrected chi connectivity index (χ0v) is 36.4. The molecule has 0 radical (unpaired) electrons. The Morgan fingerprint density at radius 1 is 0.516 bits per heavy atom. The minimum absolute atomic E-state index is 0.148. The van der Waals surface area contributed by atoms with Crippen molar-refractivity contribution in [2.24, 2.45) is 4.52 Å². The molecular weight excluding hydrogens is 847 g/mol. The zero-order chi connectivity index (χ0) is 41.8. The molecule has 4 atom stereocenters. The van der Waals surface area contributed by atoms with E-state index in [-0.39, 0.29) is 12.2 Å². The number of ether oxygens (including phenoxy) is 4. The van der Waals surface area contributed by atoms with Gasteiger partial charge in [0.15, 0.2) is 0 Å². The molecule has 0 spiro atoms. The molecule has 0 bridgehead atoms. The Balaban J connectivity index is 1.21. The minimum Gasteiger partial charge on any atom is -0.440 e. The molecule has 0 aromatic heterocycles. The quantitative estimate of drug-likeness (QED) is 0.0367. The van der Waals surface area contributed by atoms with Crippen LogP contribution in [0, 0.1) is 0 Å². The van der Waals surface area contributed by atoms with Gasteiger partial charge in [0.1, 0.15) is 46.7 Å². The number of benzene rings is 6. The molecule has 2 fully saturated rings. The van der Waals surface area contributed by atoms with Gasteiger partial charge in [-0.3, -0.25) is 0 Å². The molecule has 9 rings (SSSR count). The first-order chi connectivity index (χ1) is 30.7. The molecule has 2 saturated heterocycles. The minimum atomic E-state index is -3.98. The van der Waals surface area contributed by atoms with Gasteiger partial charge in [0.05, 0.1) is 39.6 Å².